The van der Waals surface area contributed by atoms with E-state index in [0.29, 0.717) is 11.3 Å². The second kappa shape index (κ2) is 4.37. The van der Waals surface area contributed by atoms with E-state index >= 15 is 0 Å². The Hall–Kier alpha value is -1.81. The highest BCUT2D eigenvalue weighted by molar-refractivity contribution is 5.27. The highest BCUT2D eigenvalue weighted by atomic mass is 19.1. The fourth-order valence-corrected chi connectivity index (χ4v) is 1.44. The smallest absolute Gasteiger partial charge is 0.141 e. The van der Waals surface area contributed by atoms with Crippen molar-refractivity contribution in [1.82, 2.24) is 4.98 Å². The van der Waals surface area contributed by atoms with Crippen molar-refractivity contribution >= 4 is 0 Å². The van der Waals surface area contributed by atoms with Gasteiger partial charge in [0.25, 0.3) is 0 Å². The van der Waals surface area contributed by atoms with Crippen LogP contribution in [-0.4, -0.2) is 4.98 Å². The quantitative estimate of drug-likeness (QED) is 0.844. The molecule has 0 radical (unpaired) electrons. The maximum atomic E-state index is 13.0. The highest BCUT2D eigenvalue weighted by Gasteiger charge is 2.10. The molecule has 0 aliphatic heterocycles. The minimum atomic E-state index is -0.545. The lowest BCUT2D eigenvalue weighted by Crippen LogP contribution is -2.13. The number of nitrogens with zero attached hydrogens (tertiary/aromatic N) is 1. The second-order valence-electron chi connectivity index (χ2n) is 3.43. The van der Waals surface area contributed by atoms with Crippen molar-refractivity contribution in [2.45, 2.75) is 6.04 Å². The molecule has 1 atom stereocenters. The van der Waals surface area contributed by atoms with Crippen LogP contribution in [0.4, 0.5) is 8.78 Å². The first kappa shape index (κ1) is 10.7. The Morgan fingerprint density at radius 3 is 2.50 bits per heavy atom. The maximum Gasteiger partial charge on any atom is 0.141 e. The zero-order valence-corrected chi connectivity index (χ0v) is 8.40. The van der Waals surface area contributed by atoms with Gasteiger partial charge in [0.05, 0.1) is 17.9 Å². The molecule has 0 saturated heterocycles. The Labute approximate surface area is 91.7 Å². The van der Waals surface area contributed by atoms with E-state index in [9.17, 15) is 8.78 Å². The topological polar surface area (TPSA) is 38.9 Å². The molecule has 1 heterocycles. The van der Waals surface area contributed by atoms with Gasteiger partial charge in [-0.05, 0) is 29.8 Å². The van der Waals surface area contributed by atoms with Gasteiger partial charge in [-0.25, -0.2) is 8.78 Å². The van der Waals surface area contributed by atoms with Gasteiger partial charge in [-0.1, -0.05) is 12.1 Å². The molecular formula is C12H10F2N2. The van der Waals surface area contributed by atoms with Gasteiger partial charge in [-0.15, -0.1) is 0 Å². The van der Waals surface area contributed by atoms with E-state index in [4.69, 9.17) is 5.73 Å². The maximum absolute atomic E-state index is 13.0. The molecule has 4 heteroatoms. The summed E-state index contributed by atoms with van der Waals surface area (Å²) >= 11 is 0. The second-order valence-corrected chi connectivity index (χ2v) is 3.43. The molecule has 2 nitrogen and oxygen atoms in total. The average Bonchev–Trinajstić information content (AvgIpc) is 2.29. The third-order valence-corrected chi connectivity index (χ3v) is 2.28. The number of halogens is 2. The molecule has 0 bridgehead atoms. The molecule has 0 fully saturated rings. The third-order valence-electron chi connectivity index (χ3n) is 2.28. The molecule has 1 aromatic carbocycles. The SMILES string of the molecule is NC(c1cccc(F)c1)c1ccc(F)cn1. The van der Waals surface area contributed by atoms with Crippen LogP contribution in [0.15, 0.2) is 42.6 Å². The van der Waals surface area contributed by atoms with Crippen molar-refractivity contribution in [3.8, 4) is 0 Å². The normalized spacial score (nSPS) is 12.4. The van der Waals surface area contributed by atoms with E-state index in [0.717, 1.165) is 6.20 Å². The molecule has 0 aliphatic carbocycles. The predicted octanol–water partition coefficient (Wildman–Crippen LogP) is 2.41. The molecular weight excluding hydrogens is 210 g/mol. The Balaban J connectivity index is 2.31. The fourth-order valence-electron chi connectivity index (χ4n) is 1.44. The summed E-state index contributed by atoms with van der Waals surface area (Å²) in [5.41, 5.74) is 7.00. The minimum absolute atomic E-state index is 0.352. The summed E-state index contributed by atoms with van der Waals surface area (Å²) < 4.78 is 25.6. The lowest BCUT2D eigenvalue weighted by molar-refractivity contribution is 0.614. The van der Waals surface area contributed by atoms with Crippen molar-refractivity contribution in [3.05, 3.63) is 65.5 Å². The van der Waals surface area contributed by atoms with Crippen molar-refractivity contribution in [2.24, 2.45) is 5.73 Å². The Morgan fingerprint density at radius 2 is 1.88 bits per heavy atom. The van der Waals surface area contributed by atoms with E-state index in [2.05, 4.69) is 4.98 Å². The molecule has 0 aliphatic rings. The zero-order valence-electron chi connectivity index (χ0n) is 8.40. The highest BCUT2D eigenvalue weighted by Crippen LogP contribution is 2.18. The monoisotopic (exact) mass is 220 g/mol. The summed E-state index contributed by atoms with van der Waals surface area (Å²) in [7, 11) is 0. The summed E-state index contributed by atoms with van der Waals surface area (Å²) in [6.45, 7) is 0. The van der Waals surface area contributed by atoms with Gasteiger partial charge in [0.1, 0.15) is 11.6 Å². The first-order valence-electron chi connectivity index (χ1n) is 4.79. The van der Waals surface area contributed by atoms with Crippen LogP contribution < -0.4 is 5.73 Å². The van der Waals surface area contributed by atoms with Crippen LogP contribution in [0.5, 0.6) is 0 Å². The van der Waals surface area contributed by atoms with E-state index in [1.165, 1.54) is 24.3 Å². The number of hydrogen-bond acceptors (Lipinski definition) is 2. The molecule has 1 unspecified atom stereocenters. The van der Waals surface area contributed by atoms with Gasteiger partial charge in [0.15, 0.2) is 0 Å². The first-order valence-corrected chi connectivity index (χ1v) is 4.79. The molecule has 82 valence electrons. The molecule has 2 N–H and O–H groups in total. The largest absolute Gasteiger partial charge is 0.319 e. The van der Waals surface area contributed by atoms with Crippen LogP contribution in [0.2, 0.25) is 0 Å². The van der Waals surface area contributed by atoms with E-state index < -0.39 is 11.9 Å². The van der Waals surface area contributed by atoms with Gasteiger partial charge in [-0.3, -0.25) is 4.98 Å². The number of benzene rings is 1. The van der Waals surface area contributed by atoms with Crippen molar-refractivity contribution < 1.29 is 8.78 Å². The van der Waals surface area contributed by atoms with Gasteiger partial charge >= 0.3 is 0 Å². The van der Waals surface area contributed by atoms with Crippen LogP contribution in [0.3, 0.4) is 0 Å². The number of aromatic nitrogens is 1. The van der Waals surface area contributed by atoms with Gasteiger partial charge in [0, 0.05) is 0 Å². The Morgan fingerprint density at radius 1 is 1.06 bits per heavy atom. The van der Waals surface area contributed by atoms with Gasteiger partial charge < -0.3 is 5.73 Å². The average molecular weight is 220 g/mol. The number of hydrogen-bond donors (Lipinski definition) is 1. The third kappa shape index (κ3) is 2.23. The summed E-state index contributed by atoms with van der Waals surface area (Å²) in [6.07, 6.45) is 1.09. The standard InChI is InChI=1S/C12H10F2N2/c13-9-3-1-2-8(6-9)12(15)11-5-4-10(14)7-16-11/h1-7,12H,15H2. The van der Waals surface area contributed by atoms with E-state index in [-0.39, 0.29) is 5.82 Å². The first-order chi connectivity index (χ1) is 7.66. The summed E-state index contributed by atoms with van der Waals surface area (Å²) in [5.74, 6) is -0.773. The lowest BCUT2D eigenvalue weighted by Gasteiger charge is -2.11. The summed E-state index contributed by atoms with van der Waals surface area (Å²) in [4.78, 5) is 3.86. The Bertz CT molecular complexity index is 483. The fraction of sp³-hybridized carbons (Fsp3) is 0.0833. The molecule has 2 rings (SSSR count). The molecule has 0 saturated carbocycles. The molecule has 16 heavy (non-hydrogen) atoms. The van der Waals surface area contributed by atoms with Crippen molar-refractivity contribution in [1.29, 1.82) is 0 Å². The van der Waals surface area contributed by atoms with Crippen LogP contribution in [0, 0.1) is 11.6 Å². The van der Waals surface area contributed by atoms with E-state index in [1.54, 1.807) is 12.1 Å². The van der Waals surface area contributed by atoms with Crippen LogP contribution in [0.1, 0.15) is 17.3 Å². The summed E-state index contributed by atoms with van der Waals surface area (Å²) in [5, 5.41) is 0. The van der Waals surface area contributed by atoms with Crippen molar-refractivity contribution in [2.75, 3.05) is 0 Å². The van der Waals surface area contributed by atoms with E-state index in [1.807, 2.05) is 0 Å². The number of nitrogens with two attached hydrogens (primary N) is 1. The molecule has 0 spiro atoms. The Kier molecular flexibility index (Phi) is 2.92. The lowest BCUT2D eigenvalue weighted by atomic mass is 10.0. The zero-order chi connectivity index (χ0) is 11.5. The van der Waals surface area contributed by atoms with Crippen LogP contribution in [0.25, 0.3) is 0 Å². The van der Waals surface area contributed by atoms with Crippen LogP contribution in [-0.2, 0) is 0 Å². The number of pyridine rings is 1. The van der Waals surface area contributed by atoms with Gasteiger partial charge in [0.2, 0.25) is 0 Å². The molecule has 2 aromatic rings. The molecule has 1 aromatic heterocycles. The van der Waals surface area contributed by atoms with Gasteiger partial charge in [-0.2, -0.15) is 0 Å². The van der Waals surface area contributed by atoms with Crippen LogP contribution >= 0.6 is 0 Å². The molecule has 0 amide bonds. The number of rotatable bonds is 2. The summed E-state index contributed by atoms with van der Waals surface area (Å²) in [6, 6.07) is 8.19. The predicted molar refractivity (Wildman–Crippen MR) is 56.6 cm³/mol. The van der Waals surface area contributed by atoms with Crippen molar-refractivity contribution in [3.63, 3.8) is 0 Å². The minimum Gasteiger partial charge on any atom is -0.319 e.